The summed E-state index contributed by atoms with van der Waals surface area (Å²) >= 11 is 5.73. The van der Waals surface area contributed by atoms with E-state index in [4.69, 9.17) is 16.7 Å². The zero-order valence-corrected chi connectivity index (χ0v) is 11.2. The lowest BCUT2D eigenvalue weighted by atomic mass is 10.2. The van der Waals surface area contributed by atoms with Crippen molar-refractivity contribution in [3.8, 4) is 0 Å². The predicted octanol–water partition coefficient (Wildman–Crippen LogP) is 1.52. The van der Waals surface area contributed by atoms with Gasteiger partial charge in [-0.25, -0.2) is 9.97 Å². The molecule has 1 saturated carbocycles. The molecule has 1 aromatic rings. The number of aryl methyl sites for hydroxylation is 1. The van der Waals surface area contributed by atoms with Gasteiger partial charge in [-0.2, -0.15) is 0 Å². The van der Waals surface area contributed by atoms with E-state index in [1.54, 1.807) is 17.9 Å². The Morgan fingerprint density at radius 1 is 1.47 bits per heavy atom. The topological polar surface area (TPSA) is 83.4 Å². The normalized spacial score (nSPS) is 14.2. The molecule has 7 heteroatoms. The van der Waals surface area contributed by atoms with Crippen LogP contribution in [0.15, 0.2) is 6.07 Å². The zero-order chi connectivity index (χ0) is 14.0. The van der Waals surface area contributed by atoms with E-state index < -0.39 is 5.97 Å². The first kappa shape index (κ1) is 13.7. The predicted molar refractivity (Wildman–Crippen MR) is 68.1 cm³/mol. The van der Waals surface area contributed by atoms with E-state index >= 15 is 0 Å². The number of carboxylic acid groups (broad SMARTS) is 1. The van der Waals surface area contributed by atoms with Crippen molar-refractivity contribution in [1.82, 2.24) is 14.9 Å². The molecule has 0 radical (unpaired) electrons. The summed E-state index contributed by atoms with van der Waals surface area (Å²) in [6.45, 7) is 1.92. The van der Waals surface area contributed by atoms with Gasteiger partial charge in [-0.1, -0.05) is 0 Å². The lowest BCUT2D eigenvalue weighted by Gasteiger charge is -2.21. The molecule has 0 aliphatic heterocycles. The molecule has 0 bridgehead atoms. The van der Waals surface area contributed by atoms with Crippen LogP contribution in [-0.2, 0) is 4.79 Å². The third-order valence-corrected chi connectivity index (χ3v) is 3.03. The monoisotopic (exact) mass is 283 g/mol. The quantitative estimate of drug-likeness (QED) is 0.828. The van der Waals surface area contributed by atoms with Gasteiger partial charge in [0.1, 0.15) is 5.69 Å². The maximum Gasteiger partial charge on any atom is 0.305 e. The van der Waals surface area contributed by atoms with Crippen LogP contribution in [0.4, 0.5) is 0 Å². The Morgan fingerprint density at radius 2 is 2.16 bits per heavy atom. The van der Waals surface area contributed by atoms with Gasteiger partial charge in [0.05, 0.1) is 6.42 Å². The van der Waals surface area contributed by atoms with Crippen molar-refractivity contribution >= 4 is 23.5 Å². The van der Waals surface area contributed by atoms with Crippen LogP contribution in [0.5, 0.6) is 0 Å². The lowest BCUT2D eigenvalue weighted by Crippen LogP contribution is -2.35. The van der Waals surface area contributed by atoms with E-state index in [2.05, 4.69) is 9.97 Å². The molecular formula is C12H14ClN3O3. The van der Waals surface area contributed by atoms with Crippen molar-refractivity contribution < 1.29 is 14.7 Å². The van der Waals surface area contributed by atoms with E-state index in [9.17, 15) is 9.59 Å². The van der Waals surface area contributed by atoms with Crippen LogP contribution < -0.4 is 0 Å². The molecule has 1 aromatic heterocycles. The first-order chi connectivity index (χ1) is 8.97. The van der Waals surface area contributed by atoms with E-state index in [1.807, 2.05) is 0 Å². The minimum absolute atomic E-state index is 0.0253. The highest BCUT2D eigenvalue weighted by Crippen LogP contribution is 2.28. The second-order valence-electron chi connectivity index (χ2n) is 4.54. The first-order valence-electron chi connectivity index (χ1n) is 6.01. The van der Waals surface area contributed by atoms with Crippen molar-refractivity contribution in [2.75, 3.05) is 6.54 Å². The van der Waals surface area contributed by atoms with Gasteiger partial charge in [-0.05, 0) is 37.4 Å². The SMILES string of the molecule is Cc1cc(C(=O)N(CCC(=O)O)C2CC2)nc(Cl)n1. The summed E-state index contributed by atoms with van der Waals surface area (Å²) in [5.74, 6) is -1.20. The van der Waals surface area contributed by atoms with Crippen molar-refractivity contribution in [1.29, 1.82) is 0 Å². The summed E-state index contributed by atoms with van der Waals surface area (Å²) in [6, 6.07) is 1.69. The van der Waals surface area contributed by atoms with Crippen molar-refractivity contribution in [3.05, 3.63) is 22.7 Å². The number of carbonyl (C=O) groups is 2. The second kappa shape index (κ2) is 5.52. The molecule has 0 atom stereocenters. The summed E-state index contributed by atoms with van der Waals surface area (Å²) in [5, 5.41) is 8.75. The Kier molecular flexibility index (Phi) is 3.99. The fourth-order valence-electron chi connectivity index (χ4n) is 1.84. The summed E-state index contributed by atoms with van der Waals surface area (Å²) in [5.41, 5.74) is 0.826. The Labute approximate surface area is 115 Å². The largest absolute Gasteiger partial charge is 0.481 e. The van der Waals surface area contributed by atoms with E-state index in [0.29, 0.717) is 5.69 Å². The Balaban J connectivity index is 2.16. The van der Waals surface area contributed by atoms with Gasteiger partial charge >= 0.3 is 5.97 Å². The number of aliphatic carboxylic acids is 1. The molecular weight excluding hydrogens is 270 g/mol. The van der Waals surface area contributed by atoms with Crippen LogP contribution in [0.3, 0.4) is 0 Å². The average molecular weight is 284 g/mol. The van der Waals surface area contributed by atoms with Gasteiger partial charge in [0.25, 0.3) is 5.91 Å². The van der Waals surface area contributed by atoms with Crippen LogP contribution in [-0.4, -0.2) is 44.4 Å². The highest BCUT2D eigenvalue weighted by Gasteiger charge is 2.33. The molecule has 1 N–H and O–H groups in total. The second-order valence-corrected chi connectivity index (χ2v) is 4.88. The number of nitrogens with zero attached hydrogens (tertiary/aromatic N) is 3. The highest BCUT2D eigenvalue weighted by molar-refractivity contribution is 6.28. The Morgan fingerprint density at radius 3 is 2.68 bits per heavy atom. The summed E-state index contributed by atoms with van der Waals surface area (Å²) in [7, 11) is 0. The molecule has 2 rings (SSSR count). The third-order valence-electron chi connectivity index (χ3n) is 2.86. The zero-order valence-electron chi connectivity index (χ0n) is 10.5. The number of hydrogen-bond acceptors (Lipinski definition) is 4. The summed E-state index contributed by atoms with van der Waals surface area (Å²) in [4.78, 5) is 32.3. The van der Waals surface area contributed by atoms with Gasteiger partial charge in [0.2, 0.25) is 5.28 Å². The van der Waals surface area contributed by atoms with Gasteiger partial charge in [0.15, 0.2) is 0 Å². The van der Waals surface area contributed by atoms with Crippen molar-refractivity contribution in [2.24, 2.45) is 0 Å². The molecule has 1 amide bonds. The van der Waals surface area contributed by atoms with Crippen LogP contribution in [0, 0.1) is 6.92 Å². The number of hydrogen-bond donors (Lipinski definition) is 1. The fourth-order valence-corrected chi connectivity index (χ4v) is 2.07. The molecule has 0 spiro atoms. The molecule has 0 unspecified atom stereocenters. The molecule has 19 heavy (non-hydrogen) atoms. The van der Waals surface area contributed by atoms with Gasteiger partial charge in [-0.3, -0.25) is 9.59 Å². The van der Waals surface area contributed by atoms with Gasteiger partial charge in [-0.15, -0.1) is 0 Å². The van der Waals surface area contributed by atoms with Crippen LogP contribution in [0.2, 0.25) is 5.28 Å². The number of amides is 1. The van der Waals surface area contributed by atoms with E-state index in [0.717, 1.165) is 12.8 Å². The summed E-state index contributed by atoms with van der Waals surface area (Å²) in [6.07, 6.45) is 1.74. The molecule has 1 heterocycles. The molecule has 6 nitrogen and oxygen atoms in total. The maximum absolute atomic E-state index is 12.3. The van der Waals surface area contributed by atoms with Gasteiger partial charge < -0.3 is 10.0 Å². The molecule has 102 valence electrons. The van der Waals surface area contributed by atoms with Gasteiger partial charge in [0, 0.05) is 18.3 Å². The third kappa shape index (κ3) is 3.64. The molecule has 0 saturated heterocycles. The molecule has 0 aromatic carbocycles. The van der Waals surface area contributed by atoms with Crippen LogP contribution >= 0.6 is 11.6 Å². The number of carboxylic acids is 1. The minimum atomic E-state index is -0.921. The number of aromatic nitrogens is 2. The Bertz CT molecular complexity index is 497. The molecule has 1 aliphatic rings. The van der Waals surface area contributed by atoms with Crippen LogP contribution in [0.25, 0.3) is 0 Å². The molecule has 1 aliphatic carbocycles. The van der Waals surface area contributed by atoms with E-state index in [-0.39, 0.29) is 35.9 Å². The average Bonchev–Trinajstić information content (AvgIpc) is 3.11. The maximum atomic E-state index is 12.3. The summed E-state index contributed by atoms with van der Waals surface area (Å²) < 4.78 is 0. The number of carbonyl (C=O) groups excluding carboxylic acids is 1. The van der Waals surface area contributed by atoms with E-state index in [1.165, 1.54) is 0 Å². The molecule has 1 fully saturated rings. The standard InChI is InChI=1S/C12H14ClN3O3/c1-7-6-9(15-12(13)14-7)11(19)16(8-2-3-8)5-4-10(17)18/h6,8H,2-5H2,1H3,(H,17,18). The van der Waals surface area contributed by atoms with Crippen LogP contribution in [0.1, 0.15) is 35.4 Å². The Hall–Kier alpha value is -1.69. The smallest absolute Gasteiger partial charge is 0.305 e. The van der Waals surface area contributed by atoms with Crippen molar-refractivity contribution in [2.45, 2.75) is 32.2 Å². The van der Waals surface area contributed by atoms with Crippen molar-refractivity contribution in [3.63, 3.8) is 0 Å². The minimum Gasteiger partial charge on any atom is -0.481 e. The first-order valence-corrected chi connectivity index (χ1v) is 6.39. The number of rotatable bonds is 5. The highest BCUT2D eigenvalue weighted by atomic mass is 35.5. The fraction of sp³-hybridized carbons (Fsp3) is 0.500. The lowest BCUT2D eigenvalue weighted by molar-refractivity contribution is -0.137. The number of halogens is 1.